The van der Waals surface area contributed by atoms with Crippen LogP contribution in [-0.4, -0.2) is 34.4 Å². The summed E-state index contributed by atoms with van der Waals surface area (Å²) < 4.78 is 49.2. The number of ether oxygens (including phenoxy) is 2. The summed E-state index contributed by atoms with van der Waals surface area (Å²) in [5.74, 6) is 0.289. The van der Waals surface area contributed by atoms with Crippen LogP contribution in [-0.2, 0) is 0 Å². The monoisotopic (exact) mass is 497 g/mol. The molecule has 33 heavy (non-hydrogen) atoms. The Balaban J connectivity index is 1.90. The molecule has 0 aliphatic carbocycles. The van der Waals surface area contributed by atoms with Crippen LogP contribution >= 0.6 is 22.9 Å². The van der Waals surface area contributed by atoms with Gasteiger partial charge in [0.2, 0.25) is 0 Å². The number of nitrogens with one attached hydrogen (secondary N) is 1. The average molecular weight is 498 g/mol. The van der Waals surface area contributed by atoms with E-state index < -0.39 is 24.0 Å². The van der Waals surface area contributed by atoms with Crippen molar-refractivity contribution in [1.29, 1.82) is 0 Å². The first-order chi connectivity index (χ1) is 15.6. The third kappa shape index (κ3) is 4.46. The van der Waals surface area contributed by atoms with Crippen LogP contribution in [0.1, 0.15) is 5.56 Å². The van der Waals surface area contributed by atoms with E-state index >= 15 is 0 Å². The highest BCUT2D eigenvalue weighted by atomic mass is 35.5. The van der Waals surface area contributed by atoms with E-state index in [2.05, 4.69) is 9.97 Å². The van der Waals surface area contributed by atoms with Gasteiger partial charge < -0.3 is 14.5 Å². The summed E-state index contributed by atoms with van der Waals surface area (Å²) in [4.78, 5) is 33.1. The maximum Gasteiger partial charge on any atom is 0.422 e. The number of aromatic amines is 1. The molecule has 3 aromatic heterocycles. The molecule has 0 spiro atoms. The van der Waals surface area contributed by atoms with E-state index in [-0.39, 0.29) is 27.2 Å². The first kappa shape index (κ1) is 22.9. The Kier molecular flexibility index (Phi) is 5.93. The van der Waals surface area contributed by atoms with Crippen molar-refractivity contribution in [2.75, 3.05) is 13.7 Å². The van der Waals surface area contributed by atoms with Crippen LogP contribution in [0.15, 0.2) is 46.2 Å². The number of thiophene rings is 1. The van der Waals surface area contributed by atoms with Crippen molar-refractivity contribution in [3.63, 3.8) is 0 Å². The molecule has 4 rings (SSSR count). The molecule has 0 bridgehead atoms. The standard InChI is InChI=1S/C21H15ClF3N3O4S/c1-10-7-26-8-15(17(10)32-9-21(23,24)25)28-19(29)18-14(27-20(28)30)6-16(33-18)12-5-11(31-2)3-4-13(12)22/h3-8H,9H2,1-2H3,(H,27,30). The second kappa shape index (κ2) is 8.56. The number of aryl methyl sites for hydroxylation is 1. The molecule has 7 nitrogen and oxygen atoms in total. The van der Waals surface area contributed by atoms with E-state index in [1.165, 1.54) is 20.2 Å². The number of aromatic nitrogens is 3. The van der Waals surface area contributed by atoms with Crippen molar-refractivity contribution in [1.82, 2.24) is 14.5 Å². The molecule has 0 atom stereocenters. The lowest BCUT2D eigenvalue weighted by atomic mass is 10.2. The third-order valence-electron chi connectivity index (χ3n) is 4.69. The Morgan fingerprint density at radius 2 is 1.97 bits per heavy atom. The minimum atomic E-state index is -4.60. The van der Waals surface area contributed by atoms with E-state index in [4.69, 9.17) is 21.1 Å². The van der Waals surface area contributed by atoms with Crippen LogP contribution < -0.4 is 20.7 Å². The van der Waals surface area contributed by atoms with E-state index in [1.807, 2.05) is 0 Å². The highest BCUT2D eigenvalue weighted by Gasteiger charge is 2.30. The molecule has 0 radical (unpaired) electrons. The predicted octanol–water partition coefficient (Wildman–Crippen LogP) is 4.71. The predicted molar refractivity (Wildman–Crippen MR) is 119 cm³/mol. The van der Waals surface area contributed by atoms with Crippen LogP contribution in [0, 0.1) is 6.92 Å². The number of alkyl halides is 3. The summed E-state index contributed by atoms with van der Waals surface area (Å²) in [5.41, 5.74) is -0.681. The molecule has 0 amide bonds. The van der Waals surface area contributed by atoms with Crippen LogP contribution in [0.5, 0.6) is 11.5 Å². The Morgan fingerprint density at radius 1 is 1.21 bits per heavy atom. The fourth-order valence-corrected chi connectivity index (χ4v) is 4.57. The van der Waals surface area contributed by atoms with Gasteiger partial charge in [0.25, 0.3) is 5.56 Å². The van der Waals surface area contributed by atoms with Gasteiger partial charge in [0.05, 0.1) is 18.8 Å². The summed E-state index contributed by atoms with van der Waals surface area (Å²) >= 11 is 7.37. The van der Waals surface area contributed by atoms with Crippen molar-refractivity contribution < 1.29 is 22.6 Å². The lowest BCUT2D eigenvalue weighted by Crippen LogP contribution is -2.33. The van der Waals surface area contributed by atoms with Gasteiger partial charge in [-0.05, 0) is 31.2 Å². The van der Waals surface area contributed by atoms with Crippen LogP contribution in [0.2, 0.25) is 5.02 Å². The third-order valence-corrected chi connectivity index (χ3v) is 6.18. The number of benzene rings is 1. The number of hydrogen-bond donors (Lipinski definition) is 1. The van der Waals surface area contributed by atoms with Gasteiger partial charge in [0, 0.05) is 27.2 Å². The Morgan fingerprint density at radius 3 is 2.67 bits per heavy atom. The highest BCUT2D eigenvalue weighted by molar-refractivity contribution is 7.22. The summed E-state index contributed by atoms with van der Waals surface area (Å²) in [6.45, 7) is -0.120. The second-order valence-corrected chi connectivity index (χ2v) is 8.44. The first-order valence-electron chi connectivity index (χ1n) is 9.36. The van der Waals surface area contributed by atoms with Crippen molar-refractivity contribution >= 4 is 33.2 Å². The van der Waals surface area contributed by atoms with Crippen molar-refractivity contribution in [2.24, 2.45) is 0 Å². The zero-order valence-electron chi connectivity index (χ0n) is 17.1. The smallest absolute Gasteiger partial charge is 0.422 e. The van der Waals surface area contributed by atoms with Gasteiger partial charge in [-0.2, -0.15) is 13.2 Å². The minimum absolute atomic E-state index is 0.173. The lowest BCUT2D eigenvalue weighted by Gasteiger charge is -2.15. The molecule has 4 aromatic rings. The van der Waals surface area contributed by atoms with Crippen molar-refractivity contribution in [3.8, 4) is 27.6 Å². The van der Waals surface area contributed by atoms with Gasteiger partial charge in [-0.1, -0.05) is 11.6 Å². The van der Waals surface area contributed by atoms with Gasteiger partial charge in [-0.3, -0.25) is 9.78 Å². The summed E-state index contributed by atoms with van der Waals surface area (Å²) in [7, 11) is 1.50. The molecule has 0 unspecified atom stereocenters. The van der Waals surface area contributed by atoms with E-state index in [1.54, 1.807) is 24.3 Å². The van der Waals surface area contributed by atoms with Crippen LogP contribution in [0.3, 0.4) is 0 Å². The number of fused-ring (bicyclic) bond motifs is 1. The highest BCUT2D eigenvalue weighted by Crippen LogP contribution is 2.37. The number of nitrogens with zero attached hydrogens (tertiary/aromatic N) is 2. The summed E-state index contributed by atoms with van der Waals surface area (Å²) in [6, 6.07) is 6.62. The van der Waals surface area contributed by atoms with Crippen LogP contribution in [0.25, 0.3) is 26.3 Å². The molecule has 0 saturated carbocycles. The molecular weight excluding hydrogens is 483 g/mol. The second-order valence-electron chi connectivity index (χ2n) is 6.98. The fourth-order valence-electron chi connectivity index (χ4n) is 3.22. The van der Waals surface area contributed by atoms with Crippen molar-refractivity contribution in [2.45, 2.75) is 13.1 Å². The molecule has 3 heterocycles. The molecule has 0 fully saturated rings. The van der Waals surface area contributed by atoms with Gasteiger partial charge in [0.15, 0.2) is 6.61 Å². The maximum atomic E-state index is 13.3. The molecule has 1 N–H and O–H groups in total. The Bertz CT molecular complexity index is 1480. The maximum absolute atomic E-state index is 13.3. The number of rotatable bonds is 5. The fraction of sp³-hybridized carbons (Fsp3) is 0.190. The molecule has 1 aromatic carbocycles. The van der Waals surface area contributed by atoms with Gasteiger partial charge >= 0.3 is 11.9 Å². The summed E-state index contributed by atoms with van der Waals surface area (Å²) in [5, 5.41) is 0.413. The molecular formula is C21H15ClF3N3O4S. The normalized spacial score (nSPS) is 11.7. The molecule has 0 aliphatic rings. The van der Waals surface area contributed by atoms with Crippen LogP contribution in [0.4, 0.5) is 13.2 Å². The molecule has 0 aliphatic heterocycles. The average Bonchev–Trinajstić information content (AvgIpc) is 3.17. The molecule has 172 valence electrons. The van der Waals surface area contributed by atoms with Gasteiger partial charge in [-0.15, -0.1) is 11.3 Å². The minimum Gasteiger partial charge on any atom is -0.497 e. The Labute approximate surface area is 193 Å². The number of halogens is 4. The zero-order chi connectivity index (χ0) is 23.9. The first-order valence-corrected chi connectivity index (χ1v) is 10.6. The number of hydrogen-bond acceptors (Lipinski definition) is 6. The lowest BCUT2D eigenvalue weighted by molar-refractivity contribution is -0.153. The number of methoxy groups -OCH3 is 1. The molecule has 12 heteroatoms. The number of pyridine rings is 1. The largest absolute Gasteiger partial charge is 0.497 e. The Hall–Kier alpha value is -3.31. The summed E-state index contributed by atoms with van der Waals surface area (Å²) in [6.07, 6.45) is -2.22. The van der Waals surface area contributed by atoms with E-state index in [0.29, 0.717) is 25.8 Å². The van der Waals surface area contributed by atoms with E-state index in [9.17, 15) is 22.8 Å². The quantitative estimate of drug-likeness (QED) is 0.431. The van der Waals surface area contributed by atoms with E-state index in [0.717, 1.165) is 17.5 Å². The van der Waals surface area contributed by atoms with Gasteiger partial charge in [-0.25, -0.2) is 9.36 Å². The topological polar surface area (TPSA) is 86.2 Å². The molecule has 0 saturated heterocycles. The number of H-pyrrole nitrogens is 1. The van der Waals surface area contributed by atoms with Crippen molar-refractivity contribution in [3.05, 3.63) is 68.1 Å². The zero-order valence-corrected chi connectivity index (χ0v) is 18.7. The SMILES string of the molecule is COc1ccc(Cl)c(-c2cc3[nH]c(=O)n(-c4cncc(C)c4OCC(F)(F)F)c(=O)c3s2)c1. The van der Waals surface area contributed by atoms with Gasteiger partial charge in [0.1, 0.15) is 21.9 Å².